The van der Waals surface area contributed by atoms with E-state index in [1.165, 1.54) is 4.90 Å². The van der Waals surface area contributed by atoms with Crippen LogP contribution in [0, 0.1) is 0 Å². The quantitative estimate of drug-likeness (QED) is 0.646. The zero-order chi connectivity index (χ0) is 15.6. The summed E-state index contributed by atoms with van der Waals surface area (Å²) in [4.78, 5) is 47.8. The van der Waals surface area contributed by atoms with Crippen molar-refractivity contribution in [2.24, 2.45) is 0 Å². The number of likely N-dealkylation sites (tertiary alicyclic amines) is 2. The van der Waals surface area contributed by atoms with E-state index in [9.17, 15) is 19.2 Å². The van der Waals surface area contributed by atoms with Gasteiger partial charge in [0.2, 0.25) is 17.7 Å². The lowest BCUT2D eigenvalue weighted by molar-refractivity contribution is -0.173. The average Bonchev–Trinajstić information content (AvgIpc) is 2.70. The van der Waals surface area contributed by atoms with E-state index in [1.54, 1.807) is 6.92 Å². The molecule has 0 bridgehead atoms. The minimum atomic E-state index is -1.05. The van der Waals surface area contributed by atoms with Crippen molar-refractivity contribution < 1.29 is 29.0 Å². The number of rotatable bonds is 6. The molecule has 3 amide bonds. The molecule has 1 N–H and O–H groups in total. The Morgan fingerprint density at radius 1 is 1.24 bits per heavy atom. The van der Waals surface area contributed by atoms with Crippen LogP contribution in [-0.2, 0) is 23.9 Å². The van der Waals surface area contributed by atoms with Crippen LogP contribution in [0.15, 0.2) is 0 Å². The second kappa shape index (κ2) is 5.80. The number of carbonyl (C=O) groups excluding carboxylic acids is 3. The van der Waals surface area contributed by atoms with Crippen molar-refractivity contribution in [1.29, 1.82) is 0 Å². The number of aliphatic carboxylic acids is 1. The lowest BCUT2D eigenvalue weighted by Crippen LogP contribution is -2.63. The van der Waals surface area contributed by atoms with E-state index >= 15 is 0 Å². The molecule has 8 heteroatoms. The second-order valence-corrected chi connectivity index (χ2v) is 5.57. The number of hydrogen-bond donors (Lipinski definition) is 1. The maximum Gasteiger partial charge on any atom is 0.329 e. The first kappa shape index (κ1) is 15.4. The molecule has 21 heavy (non-hydrogen) atoms. The molecule has 0 saturated carbocycles. The summed E-state index contributed by atoms with van der Waals surface area (Å²) in [6.07, 6.45) is 0.530. The van der Waals surface area contributed by atoms with Crippen molar-refractivity contribution >= 4 is 23.7 Å². The monoisotopic (exact) mass is 298 g/mol. The topological polar surface area (TPSA) is 104 Å². The molecule has 2 heterocycles. The Bertz CT molecular complexity index is 467. The number of imide groups is 1. The summed E-state index contributed by atoms with van der Waals surface area (Å²) >= 11 is 0. The van der Waals surface area contributed by atoms with Crippen molar-refractivity contribution in [1.82, 2.24) is 9.80 Å². The van der Waals surface area contributed by atoms with Gasteiger partial charge in [0.25, 0.3) is 0 Å². The summed E-state index contributed by atoms with van der Waals surface area (Å²) in [5, 5.41) is 8.55. The summed E-state index contributed by atoms with van der Waals surface area (Å²) in [5.74, 6) is -1.68. The minimum Gasteiger partial charge on any atom is -0.480 e. The molecule has 0 radical (unpaired) electrons. The SMILES string of the molecule is CC1(OCC(=O)O)CN(C(=O)CCN2C(=O)CCC2=O)C1. The Morgan fingerprint density at radius 3 is 2.33 bits per heavy atom. The molecule has 2 rings (SSSR count). The predicted octanol–water partition coefficient (Wildman–Crippen LogP) is -0.772. The van der Waals surface area contributed by atoms with Gasteiger partial charge < -0.3 is 14.7 Å². The Kier molecular flexibility index (Phi) is 4.26. The van der Waals surface area contributed by atoms with Crippen molar-refractivity contribution in [3.05, 3.63) is 0 Å². The average molecular weight is 298 g/mol. The maximum atomic E-state index is 11.9. The summed E-state index contributed by atoms with van der Waals surface area (Å²) in [7, 11) is 0. The van der Waals surface area contributed by atoms with Gasteiger partial charge in [0.15, 0.2) is 0 Å². The van der Waals surface area contributed by atoms with Gasteiger partial charge in [-0.25, -0.2) is 4.79 Å². The molecule has 0 unspecified atom stereocenters. The number of hydrogen-bond acceptors (Lipinski definition) is 5. The highest BCUT2D eigenvalue weighted by Gasteiger charge is 2.42. The number of amides is 3. The van der Waals surface area contributed by atoms with E-state index in [-0.39, 0.29) is 43.5 Å². The second-order valence-electron chi connectivity index (χ2n) is 5.57. The summed E-state index contributed by atoms with van der Waals surface area (Å²) in [5.41, 5.74) is -0.632. The van der Waals surface area contributed by atoms with Crippen LogP contribution in [0.3, 0.4) is 0 Å². The van der Waals surface area contributed by atoms with Crippen molar-refractivity contribution in [2.45, 2.75) is 31.8 Å². The van der Waals surface area contributed by atoms with Crippen LogP contribution in [0.2, 0.25) is 0 Å². The summed E-state index contributed by atoms with van der Waals surface area (Å²) in [6.45, 7) is 2.10. The highest BCUT2D eigenvalue weighted by molar-refractivity contribution is 6.02. The van der Waals surface area contributed by atoms with E-state index in [4.69, 9.17) is 9.84 Å². The van der Waals surface area contributed by atoms with Gasteiger partial charge in [0.1, 0.15) is 12.2 Å². The number of carboxylic acid groups (broad SMARTS) is 1. The minimum absolute atomic E-state index is 0.0898. The zero-order valence-corrected chi connectivity index (χ0v) is 11.8. The largest absolute Gasteiger partial charge is 0.480 e. The van der Waals surface area contributed by atoms with E-state index in [1.807, 2.05) is 0 Å². The molecule has 2 saturated heterocycles. The Balaban J connectivity index is 1.72. The van der Waals surface area contributed by atoms with Gasteiger partial charge in [-0.2, -0.15) is 0 Å². The molecule has 0 atom stereocenters. The third kappa shape index (κ3) is 3.57. The lowest BCUT2D eigenvalue weighted by Gasteiger charge is -2.47. The molecule has 2 aliphatic heterocycles. The van der Waals surface area contributed by atoms with Crippen LogP contribution in [0.4, 0.5) is 0 Å². The molecule has 0 aromatic carbocycles. The molecular formula is C13H18N2O6. The highest BCUT2D eigenvalue weighted by atomic mass is 16.5. The highest BCUT2D eigenvalue weighted by Crippen LogP contribution is 2.25. The molecule has 8 nitrogen and oxygen atoms in total. The van der Waals surface area contributed by atoms with Crippen LogP contribution in [0.25, 0.3) is 0 Å². The lowest BCUT2D eigenvalue weighted by atomic mass is 9.96. The Hall–Kier alpha value is -1.96. The first-order valence-electron chi connectivity index (χ1n) is 6.77. The molecule has 0 aromatic rings. The molecule has 0 aromatic heterocycles. The molecule has 0 aliphatic carbocycles. The Labute approximate surface area is 121 Å². The zero-order valence-electron chi connectivity index (χ0n) is 11.8. The molecule has 2 aliphatic rings. The normalized spacial score (nSPS) is 20.6. The van der Waals surface area contributed by atoms with E-state index < -0.39 is 18.2 Å². The van der Waals surface area contributed by atoms with Crippen molar-refractivity contribution in [2.75, 3.05) is 26.2 Å². The van der Waals surface area contributed by atoms with Gasteiger partial charge in [-0.15, -0.1) is 0 Å². The van der Waals surface area contributed by atoms with Gasteiger partial charge in [0.05, 0.1) is 13.1 Å². The number of nitrogens with zero attached hydrogens (tertiary/aromatic N) is 2. The van der Waals surface area contributed by atoms with Gasteiger partial charge in [-0.05, 0) is 6.92 Å². The van der Waals surface area contributed by atoms with Gasteiger partial charge in [-0.1, -0.05) is 0 Å². The van der Waals surface area contributed by atoms with Gasteiger partial charge in [0, 0.05) is 25.8 Å². The van der Waals surface area contributed by atoms with E-state index in [2.05, 4.69) is 0 Å². The first-order valence-corrected chi connectivity index (χ1v) is 6.77. The fourth-order valence-corrected chi connectivity index (χ4v) is 2.50. The number of carboxylic acids is 1. The van der Waals surface area contributed by atoms with E-state index in [0.29, 0.717) is 13.1 Å². The van der Waals surface area contributed by atoms with Crippen molar-refractivity contribution in [3.63, 3.8) is 0 Å². The third-order valence-electron chi connectivity index (χ3n) is 3.65. The van der Waals surface area contributed by atoms with Crippen molar-refractivity contribution in [3.8, 4) is 0 Å². The van der Waals surface area contributed by atoms with Crippen LogP contribution >= 0.6 is 0 Å². The number of carbonyl (C=O) groups is 4. The molecule has 116 valence electrons. The molecular weight excluding hydrogens is 280 g/mol. The van der Waals surface area contributed by atoms with Gasteiger partial charge >= 0.3 is 5.97 Å². The molecule has 2 fully saturated rings. The fraction of sp³-hybridized carbons (Fsp3) is 0.692. The van der Waals surface area contributed by atoms with Crippen LogP contribution in [0.1, 0.15) is 26.2 Å². The maximum absolute atomic E-state index is 11.9. The van der Waals surface area contributed by atoms with E-state index in [0.717, 1.165) is 4.90 Å². The standard InChI is InChI=1S/C13H18N2O6/c1-13(21-6-12(19)20)7-14(8-13)9(16)4-5-15-10(17)2-3-11(15)18/h2-8H2,1H3,(H,19,20). The van der Waals surface area contributed by atoms with Crippen LogP contribution < -0.4 is 0 Å². The predicted molar refractivity (Wildman–Crippen MR) is 69.1 cm³/mol. The molecule has 0 spiro atoms. The van der Waals surface area contributed by atoms with Crippen LogP contribution in [-0.4, -0.2) is 70.4 Å². The summed E-state index contributed by atoms with van der Waals surface area (Å²) < 4.78 is 5.21. The first-order chi connectivity index (χ1) is 9.81. The smallest absolute Gasteiger partial charge is 0.329 e. The third-order valence-corrected chi connectivity index (χ3v) is 3.65. The Morgan fingerprint density at radius 2 is 1.81 bits per heavy atom. The fourth-order valence-electron chi connectivity index (χ4n) is 2.50. The number of ether oxygens (including phenoxy) is 1. The van der Waals surface area contributed by atoms with Gasteiger partial charge in [-0.3, -0.25) is 19.3 Å². The summed E-state index contributed by atoms with van der Waals surface area (Å²) in [6, 6.07) is 0. The van der Waals surface area contributed by atoms with Crippen LogP contribution in [0.5, 0.6) is 0 Å².